The monoisotopic (exact) mass is 158 g/mol. The van der Waals surface area contributed by atoms with E-state index in [9.17, 15) is 4.79 Å². The lowest BCUT2D eigenvalue weighted by Crippen LogP contribution is -2.20. The molecule has 0 aromatic carbocycles. The predicted octanol–water partition coefficient (Wildman–Crippen LogP) is 0.725. The highest BCUT2D eigenvalue weighted by molar-refractivity contribution is 8.00. The number of nitrogens with zero attached hydrogens (tertiary/aromatic N) is 1. The van der Waals surface area contributed by atoms with Crippen LogP contribution in [0.15, 0.2) is 0 Å². The highest BCUT2D eigenvalue weighted by atomic mass is 32.2. The van der Waals surface area contributed by atoms with Gasteiger partial charge in [0.05, 0.1) is 5.75 Å². The third-order valence-electron chi connectivity index (χ3n) is 0.743. The second-order valence-electron chi connectivity index (χ2n) is 2.02. The van der Waals surface area contributed by atoms with E-state index in [0.717, 1.165) is 0 Å². The molecule has 0 unspecified atom stereocenters. The Morgan fingerprint density at radius 1 is 1.80 bits per heavy atom. The lowest BCUT2D eigenvalue weighted by molar-refractivity contribution is -0.117. The number of nitrogens with one attached hydrogen (secondary N) is 1. The van der Waals surface area contributed by atoms with Crippen LogP contribution in [0.1, 0.15) is 13.8 Å². The molecule has 3 nitrogen and oxygen atoms in total. The number of thioether (sulfide) groups is 1. The number of amides is 1. The molecule has 0 aromatic rings. The van der Waals surface area contributed by atoms with Gasteiger partial charge in [-0.05, 0) is 5.25 Å². The van der Waals surface area contributed by atoms with Gasteiger partial charge in [-0.25, -0.2) is 0 Å². The van der Waals surface area contributed by atoms with Crippen LogP contribution in [-0.2, 0) is 4.79 Å². The number of carbonyl (C=O) groups excluding carboxylic acids is 1. The molecular weight excluding hydrogens is 148 g/mol. The van der Waals surface area contributed by atoms with Crippen molar-refractivity contribution in [3.8, 4) is 6.19 Å². The van der Waals surface area contributed by atoms with E-state index >= 15 is 0 Å². The number of hydrogen-bond donors (Lipinski definition) is 1. The summed E-state index contributed by atoms with van der Waals surface area (Å²) >= 11 is 1.52. The Bertz CT molecular complexity index is 150. The minimum absolute atomic E-state index is 0.221. The summed E-state index contributed by atoms with van der Waals surface area (Å²) in [4.78, 5) is 10.6. The molecule has 0 aliphatic rings. The molecule has 1 N–H and O–H groups in total. The van der Waals surface area contributed by atoms with Crippen LogP contribution >= 0.6 is 11.8 Å². The smallest absolute Gasteiger partial charge is 0.242 e. The van der Waals surface area contributed by atoms with Gasteiger partial charge < -0.3 is 0 Å². The SMILES string of the molecule is CC(C)SCC(=O)NC#N. The molecule has 0 aliphatic heterocycles. The number of nitriles is 1. The Morgan fingerprint density at radius 3 is 2.80 bits per heavy atom. The Balaban J connectivity index is 3.33. The molecular formula is C6H10N2OS. The Morgan fingerprint density at radius 2 is 2.40 bits per heavy atom. The molecule has 0 rings (SSSR count). The first-order valence-corrected chi connectivity index (χ1v) is 4.01. The van der Waals surface area contributed by atoms with Crippen LogP contribution in [-0.4, -0.2) is 16.9 Å². The van der Waals surface area contributed by atoms with Crippen LogP contribution in [0.4, 0.5) is 0 Å². The maximum atomic E-state index is 10.6. The normalized spacial score (nSPS) is 9.00. The molecule has 0 atom stereocenters. The van der Waals surface area contributed by atoms with E-state index in [1.165, 1.54) is 11.8 Å². The van der Waals surface area contributed by atoms with Crippen molar-refractivity contribution in [2.45, 2.75) is 19.1 Å². The van der Waals surface area contributed by atoms with Gasteiger partial charge in [0, 0.05) is 0 Å². The number of carbonyl (C=O) groups is 1. The Kier molecular flexibility index (Phi) is 4.77. The first-order valence-electron chi connectivity index (χ1n) is 2.96. The molecule has 0 saturated heterocycles. The second kappa shape index (κ2) is 5.12. The zero-order valence-corrected chi connectivity index (χ0v) is 6.86. The van der Waals surface area contributed by atoms with Crippen molar-refractivity contribution in [2.75, 3.05) is 5.75 Å². The largest absolute Gasteiger partial charge is 0.273 e. The summed E-state index contributed by atoms with van der Waals surface area (Å²) in [7, 11) is 0. The summed E-state index contributed by atoms with van der Waals surface area (Å²) in [6.45, 7) is 4.01. The van der Waals surface area contributed by atoms with Crippen molar-refractivity contribution in [1.82, 2.24) is 5.32 Å². The zero-order chi connectivity index (χ0) is 7.98. The van der Waals surface area contributed by atoms with Crippen LogP contribution in [0.25, 0.3) is 0 Å². The van der Waals surface area contributed by atoms with Crippen LogP contribution < -0.4 is 5.32 Å². The number of rotatable bonds is 3. The van der Waals surface area contributed by atoms with Crippen molar-refractivity contribution in [3.63, 3.8) is 0 Å². The van der Waals surface area contributed by atoms with Crippen molar-refractivity contribution >= 4 is 17.7 Å². The van der Waals surface area contributed by atoms with Gasteiger partial charge in [-0.1, -0.05) is 13.8 Å². The van der Waals surface area contributed by atoms with Crippen LogP contribution in [0, 0.1) is 11.5 Å². The highest BCUT2D eigenvalue weighted by Gasteiger charge is 2.00. The van der Waals surface area contributed by atoms with Gasteiger partial charge in [-0.2, -0.15) is 5.26 Å². The summed E-state index contributed by atoms with van der Waals surface area (Å²) in [5.41, 5.74) is 0. The van der Waals surface area contributed by atoms with E-state index in [2.05, 4.69) is 0 Å². The van der Waals surface area contributed by atoms with Crippen molar-refractivity contribution in [1.29, 1.82) is 5.26 Å². The summed E-state index contributed by atoms with van der Waals surface area (Å²) in [6, 6.07) is 0. The lowest BCUT2D eigenvalue weighted by atomic mass is 10.6. The van der Waals surface area contributed by atoms with E-state index in [1.807, 2.05) is 19.2 Å². The highest BCUT2D eigenvalue weighted by Crippen LogP contribution is 2.07. The van der Waals surface area contributed by atoms with Gasteiger partial charge in [0.1, 0.15) is 0 Å². The van der Waals surface area contributed by atoms with Crippen LogP contribution in [0.5, 0.6) is 0 Å². The van der Waals surface area contributed by atoms with Crippen molar-refractivity contribution in [2.24, 2.45) is 0 Å². The van der Waals surface area contributed by atoms with Crippen molar-refractivity contribution < 1.29 is 4.79 Å². The summed E-state index contributed by atoms with van der Waals surface area (Å²) in [5.74, 6) is 0.145. The zero-order valence-electron chi connectivity index (χ0n) is 6.05. The molecule has 0 saturated carbocycles. The standard InChI is InChI=1S/C6H10N2OS/c1-5(2)10-3-6(9)8-4-7/h5H,3H2,1-2H3,(H,8,9). The fraction of sp³-hybridized carbons (Fsp3) is 0.667. The average Bonchev–Trinajstić information content (AvgIpc) is 1.85. The summed E-state index contributed by atoms with van der Waals surface area (Å²) in [5, 5.41) is 10.5. The van der Waals surface area contributed by atoms with Gasteiger partial charge >= 0.3 is 0 Å². The fourth-order valence-electron chi connectivity index (χ4n) is 0.341. The molecule has 0 radical (unpaired) electrons. The van der Waals surface area contributed by atoms with Crippen LogP contribution in [0.2, 0.25) is 0 Å². The molecule has 56 valence electrons. The minimum Gasteiger partial charge on any atom is -0.273 e. The molecule has 0 spiro atoms. The van der Waals surface area contributed by atoms with Gasteiger partial charge in [0.25, 0.3) is 0 Å². The molecule has 10 heavy (non-hydrogen) atoms. The van der Waals surface area contributed by atoms with E-state index in [4.69, 9.17) is 5.26 Å². The molecule has 4 heteroatoms. The second-order valence-corrected chi connectivity index (χ2v) is 3.58. The summed E-state index contributed by atoms with van der Waals surface area (Å²) < 4.78 is 0. The molecule has 0 fully saturated rings. The Labute approximate surface area is 64.8 Å². The minimum atomic E-state index is -0.221. The van der Waals surface area contributed by atoms with Gasteiger partial charge in [0.2, 0.25) is 5.91 Å². The molecule has 0 aromatic heterocycles. The third-order valence-corrected chi connectivity index (χ3v) is 1.84. The molecule has 0 heterocycles. The molecule has 0 aliphatic carbocycles. The average molecular weight is 158 g/mol. The molecule has 1 amide bonds. The maximum Gasteiger partial charge on any atom is 0.242 e. The predicted molar refractivity (Wildman–Crippen MR) is 41.3 cm³/mol. The van der Waals surface area contributed by atoms with E-state index in [1.54, 1.807) is 6.19 Å². The van der Waals surface area contributed by atoms with E-state index in [0.29, 0.717) is 11.0 Å². The summed E-state index contributed by atoms with van der Waals surface area (Å²) in [6.07, 6.45) is 1.58. The van der Waals surface area contributed by atoms with Crippen LogP contribution in [0.3, 0.4) is 0 Å². The Hall–Kier alpha value is -0.690. The number of hydrogen-bond acceptors (Lipinski definition) is 3. The van der Waals surface area contributed by atoms with E-state index in [-0.39, 0.29) is 5.91 Å². The molecule has 0 bridgehead atoms. The first-order chi connectivity index (χ1) is 4.66. The van der Waals surface area contributed by atoms with Crippen molar-refractivity contribution in [3.05, 3.63) is 0 Å². The topological polar surface area (TPSA) is 52.9 Å². The van der Waals surface area contributed by atoms with Gasteiger partial charge in [0.15, 0.2) is 6.19 Å². The first kappa shape index (κ1) is 9.31. The van der Waals surface area contributed by atoms with Gasteiger partial charge in [-0.15, -0.1) is 11.8 Å². The van der Waals surface area contributed by atoms with E-state index < -0.39 is 0 Å². The van der Waals surface area contributed by atoms with Gasteiger partial charge in [-0.3, -0.25) is 10.1 Å². The lowest BCUT2D eigenvalue weighted by Gasteiger charge is -2.00. The quantitative estimate of drug-likeness (QED) is 0.486. The maximum absolute atomic E-state index is 10.6. The third kappa shape index (κ3) is 5.45. The fourth-order valence-corrected chi connectivity index (χ4v) is 0.898.